The van der Waals surface area contributed by atoms with Crippen LogP contribution >= 0.6 is 0 Å². The molecule has 10 rings (SSSR count). The lowest BCUT2D eigenvalue weighted by Crippen LogP contribution is -2.46. The number of halogens is 4. The van der Waals surface area contributed by atoms with E-state index < -0.39 is 45.8 Å². The van der Waals surface area contributed by atoms with Crippen LogP contribution in [0.15, 0.2) is 71.0 Å². The Labute approximate surface area is 383 Å². The smallest absolute Gasteiger partial charge is 0.410 e. The number of pyridine rings is 4. The number of aromatic nitrogens is 10. The van der Waals surface area contributed by atoms with Crippen molar-refractivity contribution in [1.29, 1.82) is 0 Å². The van der Waals surface area contributed by atoms with Gasteiger partial charge in [-0.1, -0.05) is 0 Å². The molecule has 0 saturated carbocycles. The van der Waals surface area contributed by atoms with Gasteiger partial charge in [-0.2, -0.15) is 0 Å². The van der Waals surface area contributed by atoms with Crippen molar-refractivity contribution in [2.24, 2.45) is 0 Å². The second kappa shape index (κ2) is 18.2. The van der Waals surface area contributed by atoms with Gasteiger partial charge in [0, 0.05) is 74.7 Å². The first-order valence-corrected chi connectivity index (χ1v) is 21.5. The van der Waals surface area contributed by atoms with Gasteiger partial charge >= 0.3 is 6.09 Å². The number of hydrogen-bond donors (Lipinski definition) is 4. The number of aromatic amines is 2. The third kappa shape index (κ3) is 9.62. The summed E-state index contributed by atoms with van der Waals surface area (Å²) >= 11 is 0. The number of ether oxygens (including phenoxy) is 1. The zero-order chi connectivity index (χ0) is 48.7. The molecule has 2 saturated heterocycles. The van der Waals surface area contributed by atoms with Gasteiger partial charge in [-0.25, -0.2) is 42.3 Å². The van der Waals surface area contributed by atoms with E-state index >= 15 is 8.78 Å². The van der Waals surface area contributed by atoms with Crippen LogP contribution in [0.25, 0.3) is 55.6 Å². The van der Waals surface area contributed by atoms with E-state index in [0.717, 1.165) is 0 Å². The highest BCUT2D eigenvalue weighted by Gasteiger charge is 2.41. The highest BCUT2D eigenvalue weighted by molar-refractivity contribution is 5.82. The lowest BCUT2D eigenvalue weighted by atomic mass is 9.92. The summed E-state index contributed by atoms with van der Waals surface area (Å²) < 4.78 is 68.5. The van der Waals surface area contributed by atoms with Crippen LogP contribution in [-0.4, -0.2) is 103 Å². The summed E-state index contributed by atoms with van der Waals surface area (Å²) in [5, 5.41) is 10.5. The number of piperidine rings is 2. The third-order valence-electron chi connectivity index (χ3n) is 11.5. The summed E-state index contributed by atoms with van der Waals surface area (Å²) in [5.41, 5.74) is -1.10. The van der Waals surface area contributed by atoms with Crippen LogP contribution in [0.4, 0.5) is 22.4 Å². The fraction of sp³-hybridized carbons (Fsp3) is 0.348. The maximum absolute atomic E-state index is 15.8. The number of H-pyrrole nitrogens is 2. The number of alkyl halides is 2. The van der Waals surface area contributed by atoms with E-state index in [1.54, 1.807) is 74.3 Å². The van der Waals surface area contributed by atoms with Gasteiger partial charge in [-0.05, 0) is 72.0 Å². The van der Waals surface area contributed by atoms with Crippen LogP contribution in [-0.2, 0) is 20.9 Å². The average Bonchev–Trinajstić information content (AvgIpc) is 3.88. The standard InChI is InChI=1S/C25H26F2N6O3.C20H18F2N6O.CH2O2/c1-14-12-33-13-15(9-17(26)20(33)29-14)18-10-16-19(11-28-18)30-22(31-21(16)34)25(27)5-7-32(8-6-25)23(35)36-24(2,3)4;1-11-9-28-10-12(6-14(21)17(28)25-11)15-7-13-16(8-24-15)26-19(27-18(13)29)20(22)2-4-23-5-3-20;2-1-3/h9-13H,5-8H2,1-4H3,(H,30,31,34);6-10,23H,2-5H2,1H3,(H,26,27,29);1H,(H,2,3). The molecule has 8 aromatic heterocycles. The number of fused-ring (bicyclic) bond motifs is 4. The molecule has 2 aliphatic rings. The minimum Gasteiger partial charge on any atom is -0.483 e. The zero-order valence-electron chi connectivity index (χ0n) is 37.5. The molecule has 18 nitrogen and oxygen atoms in total. The molecule has 10 heterocycles. The Bertz CT molecular complexity index is 3350. The molecule has 0 aliphatic carbocycles. The quantitative estimate of drug-likeness (QED) is 0.108. The zero-order valence-corrected chi connectivity index (χ0v) is 37.5. The molecule has 2 aliphatic heterocycles. The normalized spacial score (nSPS) is 15.7. The van der Waals surface area contributed by atoms with Crippen LogP contribution in [0, 0.1) is 25.5 Å². The van der Waals surface area contributed by atoms with Crippen LogP contribution in [0.3, 0.4) is 0 Å². The Morgan fingerprint density at radius 3 is 1.57 bits per heavy atom. The maximum atomic E-state index is 15.8. The fourth-order valence-corrected chi connectivity index (χ4v) is 8.13. The van der Waals surface area contributed by atoms with E-state index in [1.165, 1.54) is 35.5 Å². The molecule has 8 aromatic rings. The molecule has 354 valence electrons. The monoisotopic (exact) mass is 938 g/mol. The number of carbonyl (C=O) groups is 2. The van der Waals surface area contributed by atoms with Crippen LogP contribution in [0.1, 0.15) is 69.5 Å². The Morgan fingerprint density at radius 1 is 0.721 bits per heavy atom. The second-order valence-electron chi connectivity index (χ2n) is 17.6. The van der Waals surface area contributed by atoms with Crippen molar-refractivity contribution in [1.82, 2.24) is 58.9 Å². The van der Waals surface area contributed by atoms with E-state index in [1.807, 2.05) is 0 Å². The molecule has 0 bridgehead atoms. The van der Waals surface area contributed by atoms with Crippen molar-refractivity contribution in [2.45, 2.75) is 77.2 Å². The van der Waals surface area contributed by atoms with Crippen molar-refractivity contribution in [2.75, 3.05) is 26.2 Å². The maximum Gasteiger partial charge on any atom is 0.410 e. The largest absolute Gasteiger partial charge is 0.483 e. The van der Waals surface area contributed by atoms with Gasteiger partial charge in [0.05, 0.1) is 57.0 Å². The third-order valence-corrected chi connectivity index (χ3v) is 11.5. The SMILES string of the molecule is Cc1cn2cc(-c3cc4c(=O)[nH]c(C5(F)CCN(C(=O)OC(C)(C)C)CC5)nc4cn3)cc(F)c2n1.Cc1cn2cc(-c3cc4c(=O)[nH]c(C5(F)CCNCC5)nc4cn3)cc(F)c2n1.O=CO. The summed E-state index contributed by atoms with van der Waals surface area (Å²) in [5.74, 6) is -1.06. The van der Waals surface area contributed by atoms with Crippen molar-refractivity contribution in [3.05, 3.63) is 117 Å². The van der Waals surface area contributed by atoms with Gasteiger partial charge in [0.15, 0.2) is 34.3 Å². The number of carbonyl (C=O) groups excluding carboxylic acids is 1. The van der Waals surface area contributed by atoms with Gasteiger partial charge in [0.25, 0.3) is 17.6 Å². The van der Waals surface area contributed by atoms with E-state index in [2.05, 4.69) is 45.2 Å². The minimum absolute atomic E-state index is 0.0319. The molecule has 1 amide bonds. The predicted octanol–water partition coefficient (Wildman–Crippen LogP) is 6.61. The van der Waals surface area contributed by atoms with Crippen LogP contribution < -0.4 is 16.4 Å². The molecule has 68 heavy (non-hydrogen) atoms. The number of amides is 1. The molecule has 0 atom stereocenters. The van der Waals surface area contributed by atoms with Gasteiger partial charge in [0.2, 0.25) is 0 Å². The molecular formula is C46H46F4N12O6. The topological polar surface area (TPSA) is 231 Å². The summed E-state index contributed by atoms with van der Waals surface area (Å²) in [7, 11) is 0. The molecule has 4 N–H and O–H groups in total. The fourth-order valence-electron chi connectivity index (χ4n) is 8.13. The Hall–Kier alpha value is -7.62. The van der Waals surface area contributed by atoms with Crippen LogP contribution in [0.5, 0.6) is 0 Å². The number of aryl methyl sites for hydroxylation is 2. The first-order valence-electron chi connectivity index (χ1n) is 21.5. The molecule has 0 unspecified atom stereocenters. The lowest BCUT2D eigenvalue weighted by molar-refractivity contribution is -0.122. The number of nitrogens with one attached hydrogen (secondary N) is 3. The number of hydrogen-bond acceptors (Lipinski definition) is 12. The molecule has 0 radical (unpaired) electrons. The summed E-state index contributed by atoms with van der Waals surface area (Å²) in [6.45, 7) is 9.92. The molecule has 0 aromatic carbocycles. The van der Waals surface area contributed by atoms with Gasteiger partial charge in [-0.15, -0.1) is 0 Å². The number of likely N-dealkylation sites (tertiary alicyclic amines) is 1. The van der Waals surface area contributed by atoms with Crippen LogP contribution in [0.2, 0.25) is 0 Å². The van der Waals surface area contributed by atoms with E-state index in [4.69, 9.17) is 14.6 Å². The van der Waals surface area contributed by atoms with Crippen molar-refractivity contribution >= 4 is 45.7 Å². The van der Waals surface area contributed by atoms with Crippen molar-refractivity contribution in [3.8, 4) is 22.5 Å². The second-order valence-corrected chi connectivity index (χ2v) is 17.6. The number of imidazole rings is 2. The Kier molecular flexibility index (Phi) is 12.6. The highest BCUT2D eigenvalue weighted by Crippen LogP contribution is 2.36. The first-order chi connectivity index (χ1) is 32.3. The first kappa shape index (κ1) is 46.9. The number of rotatable bonds is 4. The summed E-state index contributed by atoms with van der Waals surface area (Å²) in [6.07, 6.45) is 9.52. The highest BCUT2D eigenvalue weighted by atomic mass is 19.2. The molecular weight excluding hydrogens is 893 g/mol. The minimum atomic E-state index is -1.90. The van der Waals surface area contributed by atoms with Crippen molar-refractivity contribution in [3.63, 3.8) is 0 Å². The van der Waals surface area contributed by atoms with Crippen molar-refractivity contribution < 1.29 is 37.0 Å². The number of nitrogens with zero attached hydrogens (tertiary/aromatic N) is 9. The average molecular weight is 939 g/mol. The molecule has 2 fully saturated rings. The van der Waals surface area contributed by atoms with Gasteiger partial charge in [0.1, 0.15) is 17.2 Å². The van der Waals surface area contributed by atoms with Gasteiger partial charge in [-0.3, -0.25) is 24.4 Å². The summed E-state index contributed by atoms with van der Waals surface area (Å²) in [6, 6.07) is 5.69. The van der Waals surface area contributed by atoms with E-state index in [-0.39, 0.29) is 84.5 Å². The van der Waals surface area contributed by atoms with E-state index in [0.29, 0.717) is 52.5 Å². The molecule has 0 spiro atoms. The molecule has 22 heteroatoms. The predicted molar refractivity (Wildman–Crippen MR) is 241 cm³/mol. The lowest BCUT2D eigenvalue weighted by Gasteiger charge is -2.36. The number of carboxylic acid groups (broad SMARTS) is 1. The Morgan fingerprint density at radius 2 is 1.15 bits per heavy atom. The van der Waals surface area contributed by atoms with E-state index in [9.17, 15) is 23.2 Å². The Balaban J connectivity index is 0.000000177. The summed E-state index contributed by atoms with van der Waals surface area (Å²) in [4.78, 5) is 78.5. The van der Waals surface area contributed by atoms with Gasteiger partial charge < -0.3 is 38.8 Å².